The third-order valence-electron chi connectivity index (χ3n) is 0.656. The van der Waals surface area contributed by atoms with Crippen LogP contribution >= 0.6 is 0 Å². The van der Waals surface area contributed by atoms with Crippen LogP contribution in [0.3, 0.4) is 0 Å². The minimum absolute atomic E-state index is 0.318. The maximum absolute atomic E-state index is 10.1. The fourth-order valence-corrected chi connectivity index (χ4v) is 0.369. The number of nitrogens with one attached hydrogen (secondary N) is 1. The first-order valence-corrected chi connectivity index (χ1v) is 3.32. The molecule has 0 unspecified atom stereocenters. The van der Waals surface area contributed by atoms with Gasteiger partial charge in [0.2, 0.25) is 0 Å². The summed E-state index contributed by atoms with van der Waals surface area (Å²) < 4.78 is 4.42. The Hall–Kier alpha value is -0.990. The molecular formula is C7H13NO2. The van der Waals surface area contributed by atoms with E-state index in [2.05, 4.69) is 30.5 Å². The molecule has 0 atom stereocenters. The van der Waals surface area contributed by atoms with Gasteiger partial charge in [0.05, 0.1) is 5.70 Å². The van der Waals surface area contributed by atoms with Gasteiger partial charge in [-0.2, -0.15) is 0 Å². The van der Waals surface area contributed by atoms with Crippen LogP contribution in [0.2, 0.25) is 0 Å². The van der Waals surface area contributed by atoms with Crippen LogP contribution in [-0.2, 0) is 4.74 Å². The normalized spacial score (nSPS) is 15.0. The van der Waals surface area contributed by atoms with Crippen LogP contribution in [-0.4, -0.2) is 12.7 Å². The monoisotopic (exact) mass is 143 g/mol. The summed E-state index contributed by atoms with van der Waals surface area (Å²) in [5.41, 5.74) is 0.630. The van der Waals surface area contributed by atoms with Crippen LogP contribution in [0, 0.1) is 0 Å². The van der Waals surface area contributed by atoms with Crippen LogP contribution in [0.4, 0.5) is 4.79 Å². The molecule has 0 aliphatic carbocycles. The minimum Gasteiger partial charge on any atom is -0.443 e. The van der Waals surface area contributed by atoms with E-state index >= 15 is 0 Å². The minimum atomic E-state index is -0.398. The number of hydrogen-bond donors (Lipinski definition) is 1. The predicted octanol–water partition coefficient (Wildman–Crippen LogP) is 1.66. The van der Waals surface area contributed by atoms with E-state index < -0.39 is 6.09 Å². The standard InChI is InChI=1S/C4H5NO2.C3H8/c1-3-2-7-4(6)5-3;1-3-2/h1-2H2,(H,5,6);3H2,1-2H3. The largest absolute Gasteiger partial charge is 0.443 e. The van der Waals surface area contributed by atoms with Crippen LogP contribution < -0.4 is 5.32 Å². The molecule has 1 heterocycles. The Balaban J connectivity index is 0.000000236. The van der Waals surface area contributed by atoms with E-state index in [1.54, 1.807) is 0 Å². The maximum Gasteiger partial charge on any atom is 0.411 e. The van der Waals surface area contributed by atoms with Gasteiger partial charge in [0.25, 0.3) is 0 Å². The summed E-state index contributed by atoms with van der Waals surface area (Å²) in [5, 5.41) is 2.36. The van der Waals surface area contributed by atoms with Gasteiger partial charge in [-0.1, -0.05) is 26.8 Å². The third-order valence-corrected chi connectivity index (χ3v) is 0.656. The second-order valence-corrected chi connectivity index (χ2v) is 2.01. The molecule has 1 fully saturated rings. The summed E-state index contributed by atoms with van der Waals surface area (Å²) in [5.74, 6) is 0. The van der Waals surface area contributed by atoms with E-state index in [9.17, 15) is 4.79 Å². The van der Waals surface area contributed by atoms with E-state index in [4.69, 9.17) is 0 Å². The van der Waals surface area contributed by atoms with Gasteiger partial charge < -0.3 is 4.74 Å². The fraction of sp³-hybridized carbons (Fsp3) is 0.571. The number of ether oxygens (including phenoxy) is 1. The zero-order valence-corrected chi connectivity index (χ0v) is 6.44. The molecule has 1 aliphatic rings. The van der Waals surface area contributed by atoms with Gasteiger partial charge in [-0.3, -0.25) is 5.32 Å². The first-order chi connectivity index (χ1) is 4.70. The van der Waals surface area contributed by atoms with Crippen LogP contribution in [0.15, 0.2) is 12.3 Å². The Morgan fingerprint density at radius 2 is 2.20 bits per heavy atom. The molecule has 1 aliphatic heterocycles. The van der Waals surface area contributed by atoms with Crippen molar-refractivity contribution in [2.24, 2.45) is 0 Å². The molecule has 1 saturated heterocycles. The number of rotatable bonds is 0. The summed E-state index contributed by atoms with van der Waals surface area (Å²) in [4.78, 5) is 10.1. The molecule has 0 saturated carbocycles. The molecule has 58 valence electrons. The lowest BCUT2D eigenvalue weighted by atomic mass is 10.6. The van der Waals surface area contributed by atoms with Crippen molar-refractivity contribution >= 4 is 6.09 Å². The van der Waals surface area contributed by atoms with Gasteiger partial charge in [0.15, 0.2) is 0 Å². The van der Waals surface area contributed by atoms with Crippen LogP contribution in [0.1, 0.15) is 20.3 Å². The van der Waals surface area contributed by atoms with Crippen molar-refractivity contribution in [3.63, 3.8) is 0 Å². The summed E-state index contributed by atoms with van der Waals surface area (Å²) in [6, 6.07) is 0. The van der Waals surface area contributed by atoms with Gasteiger partial charge >= 0.3 is 6.09 Å². The SMILES string of the molecule is C=C1COC(=O)N1.CCC. The first-order valence-electron chi connectivity index (χ1n) is 3.32. The smallest absolute Gasteiger partial charge is 0.411 e. The Bertz CT molecular complexity index is 118. The summed E-state index contributed by atoms with van der Waals surface area (Å²) in [7, 11) is 0. The molecule has 1 N–H and O–H groups in total. The highest BCUT2D eigenvalue weighted by Crippen LogP contribution is 1.95. The Labute approximate surface area is 61.1 Å². The molecule has 0 aromatic rings. The van der Waals surface area contributed by atoms with Crippen molar-refractivity contribution < 1.29 is 9.53 Å². The molecule has 1 rings (SSSR count). The van der Waals surface area contributed by atoms with Gasteiger partial charge in [-0.15, -0.1) is 0 Å². The van der Waals surface area contributed by atoms with Gasteiger partial charge in [-0.05, 0) is 0 Å². The Morgan fingerprint density at radius 1 is 1.70 bits per heavy atom. The number of amides is 1. The molecule has 10 heavy (non-hydrogen) atoms. The Kier molecular flexibility index (Phi) is 4.37. The average Bonchev–Trinajstić information content (AvgIpc) is 2.17. The van der Waals surface area contributed by atoms with E-state index in [-0.39, 0.29) is 0 Å². The van der Waals surface area contributed by atoms with Crippen LogP contribution in [0.5, 0.6) is 0 Å². The highest BCUT2D eigenvalue weighted by Gasteiger charge is 2.11. The predicted molar refractivity (Wildman–Crippen MR) is 39.6 cm³/mol. The van der Waals surface area contributed by atoms with Crippen molar-refractivity contribution in [3.05, 3.63) is 12.3 Å². The quantitative estimate of drug-likeness (QED) is 0.560. The molecular weight excluding hydrogens is 130 g/mol. The topological polar surface area (TPSA) is 38.3 Å². The molecule has 0 aromatic heterocycles. The Morgan fingerprint density at radius 3 is 2.30 bits per heavy atom. The summed E-state index contributed by atoms with van der Waals surface area (Å²) in [6.07, 6.45) is 0.852. The van der Waals surface area contributed by atoms with Crippen molar-refractivity contribution in [2.45, 2.75) is 20.3 Å². The number of carbonyl (C=O) groups excluding carboxylic acids is 1. The highest BCUT2D eigenvalue weighted by molar-refractivity contribution is 5.72. The van der Waals surface area contributed by atoms with Gasteiger partial charge in [0.1, 0.15) is 6.61 Å². The van der Waals surface area contributed by atoms with E-state index in [0.29, 0.717) is 12.3 Å². The van der Waals surface area contributed by atoms with Crippen LogP contribution in [0.25, 0.3) is 0 Å². The van der Waals surface area contributed by atoms with E-state index in [1.807, 2.05) is 0 Å². The van der Waals surface area contributed by atoms with Crippen molar-refractivity contribution in [1.29, 1.82) is 0 Å². The number of cyclic esters (lactones) is 1. The van der Waals surface area contributed by atoms with Crippen molar-refractivity contribution in [3.8, 4) is 0 Å². The van der Waals surface area contributed by atoms with Gasteiger partial charge in [0, 0.05) is 0 Å². The lowest BCUT2D eigenvalue weighted by molar-refractivity contribution is 0.179. The van der Waals surface area contributed by atoms with E-state index in [0.717, 1.165) is 0 Å². The van der Waals surface area contributed by atoms with E-state index in [1.165, 1.54) is 6.42 Å². The van der Waals surface area contributed by atoms with Crippen molar-refractivity contribution in [2.75, 3.05) is 6.61 Å². The van der Waals surface area contributed by atoms with Gasteiger partial charge in [-0.25, -0.2) is 4.79 Å². The molecule has 3 heteroatoms. The second kappa shape index (κ2) is 4.85. The fourth-order valence-electron chi connectivity index (χ4n) is 0.369. The zero-order chi connectivity index (χ0) is 7.98. The second-order valence-electron chi connectivity index (χ2n) is 2.01. The molecule has 0 aromatic carbocycles. The molecule has 0 bridgehead atoms. The average molecular weight is 143 g/mol. The lowest BCUT2D eigenvalue weighted by Crippen LogP contribution is -2.09. The lowest BCUT2D eigenvalue weighted by Gasteiger charge is -1.80. The first kappa shape index (κ1) is 9.01. The highest BCUT2D eigenvalue weighted by atomic mass is 16.6. The number of hydrogen-bond acceptors (Lipinski definition) is 2. The molecule has 0 spiro atoms. The summed E-state index contributed by atoms with van der Waals surface area (Å²) in [6.45, 7) is 8.02. The maximum atomic E-state index is 10.1. The molecule has 3 nitrogen and oxygen atoms in total. The molecule has 0 radical (unpaired) electrons. The molecule has 1 amide bonds. The summed E-state index contributed by atoms with van der Waals surface area (Å²) >= 11 is 0. The van der Waals surface area contributed by atoms with Crippen molar-refractivity contribution in [1.82, 2.24) is 5.32 Å². The zero-order valence-electron chi connectivity index (χ0n) is 6.44. The third kappa shape index (κ3) is 3.95. The number of carbonyl (C=O) groups is 1. The number of alkyl carbamates (subject to hydrolysis) is 1.